The Kier molecular flexibility index (Phi) is 4.67. The van der Waals surface area contributed by atoms with Crippen LogP contribution in [0.4, 0.5) is 0 Å². The Hall–Kier alpha value is -1.99. The molecule has 4 rings (SSSR count). The maximum atomic E-state index is 9.61. The summed E-state index contributed by atoms with van der Waals surface area (Å²) in [6.07, 6.45) is 9.64. The molecule has 3 atom stereocenters. The molecule has 1 saturated carbocycles. The Morgan fingerprint density at radius 2 is 2.00 bits per heavy atom. The van der Waals surface area contributed by atoms with E-state index in [9.17, 15) is 5.26 Å². The molecule has 1 aliphatic carbocycles. The summed E-state index contributed by atoms with van der Waals surface area (Å²) < 4.78 is 5.97. The van der Waals surface area contributed by atoms with Crippen molar-refractivity contribution in [2.45, 2.75) is 44.6 Å². The minimum Gasteiger partial charge on any atom is -0.375 e. The molecule has 0 spiro atoms. The average molecular weight is 337 g/mol. The minimum absolute atomic E-state index is 0.127. The van der Waals surface area contributed by atoms with Crippen molar-refractivity contribution in [1.82, 2.24) is 9.88 Å². The van der Waals surface area contributed by atoms with Crippen LogP contribution in [0.1, 0.15) is 49.5 Å². The number of aromatic amines is 1. The van der Waals surface area contributed by atoms with E-state index in [1.165, 1.54) is 47.8 Å². The molecule has 0 bridgehead atoms. The molecule has 2 aliphatic rings. The van der Waals surface area contributed by atoms with Gasteiger partial charge in [-0.05, 0) is 42.7 Å². The normalized spacial score (nSPS) is 27.4. The first kappa shape index (κ1) is 16.5. The molecule has 0 saturated heterocycles. The summed E-state index contributed by atoms with van der Waals surface area (Å²) >= 11 is 0. The number of nitrogens with one attached hydrogen (secondary N) is 1. The standard InChI is InChI=1S/C21H27N3O/c1-25-20-12-15-6-2-3-7-16(15)13-24(14-22)11-10-18-17-8-4-5-9-19(17)23-21(18)20/h4-5,8-9,15-16,20,23H,2-3,6-7,10-13H2,1H3. The first-order valence-corrected chi connectivity index (χ1v) is 9.57. The lowest BCUT2D eigenvalue weighted by molar-refractivity contribution is 0.0495. The molecule has 2 heterocycles. The Bertz CT molecular complexity index is 775. The number of para-hydroxylation sites is 1. The van der Waals surface area contributed by atoms with Gasteiger partial charge in [0.2, 0.25) is 0 Å². The second kappa shape index (κ2) is 7.09. The number of methoxy groups -OCH3 is 1. The summed E-state index contributed by atoms with van der Waals surface area (Å²) in [5.41, 5.74) is 3.74. The number of hydrogen-bond acceptors (Lipinski definition) is 3. The number of ether oxygens (including phenoxy) is 1. The number of hydrogen-bond donors (Lipinski definition) is 1. The summed E-state index contributed by atoms with van der Waals surface area (Å²) in [5, 5.41) is 10.9. The highest BCUT2D eigenvalue weighted by Crippen LogP contribution is 2.40. The average Bonchev–Trinajstić information content (AvgIpc) is 3.02. The van der Waals surface area contributed by atoms with Crippen molar-refractivity contribution in [3.05, 3.63) is 35.5 Å². The highest BCUT2D eigenvalue weighted by Gasteiger charge is 2.32. The van der Waals surface area contributed by atoms with Gasteiger partial charge in [0.25, 0.3) is 0 Å². The van der Waals surface area contributed by atoms with Gasteiger partial charge in [0.1, 0.15) is 0 Å². The Labute approximate surface area is 149 Å². The Morgan fingerprint density at radius 3 is 2.80 bits per heavy atom. The van der Waals surface area contributed by atoms with E-state index >= 15 is 0 Å². The summed E-state index contributed by atoms with van der Waals surface area (Å²) in [6, 6.07) is 8.49. The van der Waals surface area contributed by atoms with Gasteiger partial charge in [0.15, 0.2) is 6.19 Å². The van der Waals surface area contributed by atoms with Gasteiger partial charge in [-0.2, -0.15) is 5.26 Å². The number of aromatic nitrogens is 1. The van der Waals surface area contributed by atoms with Crippen molar-refractivity contribution in [2.24, 2.45) is 11.8 Å². The van der Waals surface area contributed by atoms with Gasteiger partial charge in [0.05, 0.1) is 6.10 Å². The van der Waals surface area contributed by atoms with Crippen LogP contribution in [0.2, 0.25) is 0 Å². The van der Waals surface area contributed by atoms with E-state index < -0.39 is 0 Å². The van der Waals surface area contributed by atoms with Crippen molar-refractivity contribution >= 4 is 10.9 Å². The fourth-order valence-corrected chi connectivity index (χ4v) is 4.92. The fourth-order valence-electron chi connectivity index (χ4n) is 4.92. The highest BCUT2D eigenvalue weighted by molar-refractivity contribution is 5.84. The SMILES string of the molecule is COC1CC2CCCCC2CN(C#N)CCc2c1[nH]c1ccccc21. The molecule has 1 aliphatic heterocycles. The number of benzene rings is 1. The fraction of sp³-hybridized carbons (Fsp3) is 0.571. The van der Waals surface area contributed by atoms with Crippen LogP contribution in [-0.4, -0.2) is 30.1 Å². The maximum Gasteiger partial charge on any atom is 0.179 e. The van der Waals surface area contributed by atoms with E-state index in [4.69, 9.17) is 4.74 Å². The number of nitriles is 1. The number of rotatable bonds is 1. The lowest BCUT2D eigenvalue weighted by Gasteiger charge is -2.36. The number of H-pyrrole nitrogens is 1. The van der Waals surface area contributed by atoms with E-state index in [0.29, 0.717) is 11.8 Å². The van der Waals surface area contributed by atoms with Crippen LogP contribution in [0.25, 0.3) is 10.9 Å². The predicted octanol–water partition coefficient (Wildman–Crippen LogP) is 4.39. The summed E-state index contributed by atoms with van der Waals surface area (Å²) in [6.45, 7) is 1.71. The smallest absolute Gasteiger partial charge is 0.179 e. The summed E-state index contributed by atoms with van der Waals surface area (Å²) in [7, 11) is 1.84. The summed E-state index contributed by atoms with van der Waals surface area (Å²) in [5.74, 6) is 1.27. The zero-order valence-corrected chi connectivity index (χ0v) is 15.0. The lowest BCUT2D eigenvalue weighted by atomic mass is 9.75. The molecule has 1 aromatic heterocycles. The predicted molar refractivity (Wildman–Crippen MR) is 99.0 cm³/mol. The van der Waals surface area contributed by atoms with Crippen LogP contribution in [0.15, 0.2) is 24.3 Å². The molecule has 25 heavy (non-hydrogen) atoms. The molecule has 0 amide bonds. The molecule has 3 unspecified atom stereocenters. The largest absolute Gasteiger partial charge is 0.375 e. The van der Waals surface area contributed by atoms with Gasteiger partial charge < -0.3 is 14.6 Å². The molecular weight excluding hydrogens is 310 g/mol. The third-order valence-electron chi connectivity index (χ3n) is 6.26. The van der Waals surface area contributed by atoms with E-state index in [1.807, 2.05) is 12.0 Å². The van der Waals surface area contributed by atoms with Gasteiger partial charge in [-0.1, -0.05) is 37.5 Å². The molecule has 1 aromatic carbocycles. The van der Waals surface area contributed by atoms with Crippen LogP contribution in [0.3, 0.4) is 0 Å². The summed E-state index contributed by atoms with van der Waals surface area (Å²) in [4.78, 5) is 5.62. The molecule has 4 nitrogen and oxygen atoms in total. The number of fused-ring (bicyclic) bond motifs is 4. The van der Waals surface area contributed by atoms with Gasteiger partial charge in [0, 0.05) is 36.8 Å². The van der Waals surface area contributed by atoms with Crippen LogP contribution in [0, 0.1) is 23.3 Å². The van der Waals surface area contributed by atoms with Crippen molar-refractivity contribution in [1.29, 1.82) is 5.26 Å². The third-order valence-corrected chi connectivity index (χ3v) is 6.26. The van der Waals surface area contributed by atoms with Gasteiger partial charge in [-0.25, -0.2) is 0 Å². The monoisotopic (exact) mass is 337 g/mol. The Balaban J connectivity index is 1.76. The van der Waals surface area contributed by atoms with Gasteiger partial charge >= 0.3 is 0 Å². The van der Waals surface area contributed by atoms with Gasteiger partial charge in [-0.15, -0.1) is 0 Å². The molecule has 1 N–H and O–H groups in total. The van der Waals surface area contributed by atoms with E-state index in [0.717, 1.165) is 25.9 Å². The zero-order valence-electron chi connectivity index (χ0n) is 15.0. The molecule has 132 valence electrons. The number of nitrogens with zero attached hydrogens (tertiary/aromatic N) is 2. The van der Waals surface area contributed by atoms with Crippen molar-refractivity contribution < 1.29 is 4.74 Å². The highest BCUT2D eigenvalue weighted by atomic mass is 16.5. The maximum absolute atomic E-state index is 9.61. The van der Waals surface area contributed by atoms with Crippen molar-refractivity contribution in [2.75, 3.05) is 20.2 Å². The molecule has 0 radical (unpaired) electrons. The van der Waals surface area contributed by atoms with Crippen LogP contribution < -0.4 is 0 Å². The second-order valence-electron chi connectivity index (χ2n) is 7.62. The zero-order chi connectivity index (χ0) is 17.2. The van der Waals surface area contributed by atoms with Crippen molar-refractivity contribution in [3.8, 4) is 6.19 Å². The van der Waals surface area contributed by atoms with E-state index in [1.54, 1.807) is 0 Å². The quantitative estimate of drug-likeness (QED) is 0.785. The second-order valence-corrected chi connectivity index (χ2v) is 7.62. The molecule has 4 heteroatoms. The molecule has 2 aromatic rings. The van der Waals surface area contributed by atoms with E-state index in [2.05, 4.69) is 35.4 Å². The molecule has 1 fully saturated rings. The Morgan fingerprint density at radius 1 is 1.20 bits per heavy atom. The lowest BCUT2D eigenvalue weighted by Crippen LogP contribution is -2.35. The molecular formula is C21H27N3O. The van der Waals surface area contributed by atoms with Crippen molar-refractivity contribution in [3.63, 3.8) is 0 Å². The van der Waals surface area contributed by atoms with Crippen LogP contribution in [-0.2, 0) is 11.2 Å². The minimum atomic E-state index is 0.127. The van der Waals surface area contributed by atoms with E-state index in [-0.39, 0.29) is 6.10 Å². The first-order valence-electron chi connectivity index (χ1n) is 9.57. The first-order chi connectivity index (χ1) is 12.3. The van der Waals surface area contributed by atoms with Crippen LogP contribution in [0.5, 0.6) is 0 Å². The third kappa shape index (κ3) is 3.14. The van der Waals surface area contributed by atoms with Crippen LogP contribution >= 0.6 is 0 Å². The van der Waals surface area contributed by atoms with Gasteiger partial charge in [-0.3, -0.25) is 0 Å². The topological polar surface area (TPSA) is 52.0 Å².